The molecule has 2 nitrogen and oxygen atoms in total. The van der Waals surface area contributed by atoms with E-state index in [-0.39, 0.29) is 0 Å². The van der Waals surface area contributed by atoms with E-state index in [1.54, 1.807) is 11.3 Å². The van der Waals surface area contributed by atoms with E-state index in [9.17, 15) is 0 Å². The molecule has 4 atom stereocenters. The maximum atomic E-state index is 6.04. The highest BCUT2D eigenvalue weighted by atomic mass is 35.5. The van der Waals surface area contributed by atoms with Crippen LogP contribution in [0.1, 0.15) is 37.5 Å². The van der Waals surface area contributed by atoms with Crippen molar-refractivity contribution in [3.05, 3.63) is 21.3 Å². The Morgan fingerprint density at radius 2 is 2.37 bits per heavy atom. The molecule has 0 spiro atoms. The quantitative estimate of drug-likeness (QED) is 0.861. The molecule has 4 heteroatoms. The first-order valence-corrected chi connectivity index (χ1v) is 8.58. The fourth-order valence-electron chi connectivity index (χ4n) is 3.48. The molecular formula is C15H22ClNOS. The second-order valence-corrected chi connectivity index (χ2v) is 7.54. The first kappa shape index (κ1) is 13.9. The highest BCUT2D eigenvalue weighted by molar-refractivity contribution is 7.16. The maximum Gasteiger partial charge on any atom is 0.0931 e. The van der Waals surface area contributed by atoms with E-state index < -0.39 is 0 Å². The van der Waals surface area contributed by atoms with E-state index in [4.69, 9.17) is 16.3 Å². The lowest BCUT2D eigenvalue weighted by Gasteiger charge is -2.29. The number of ether oxygens (including phenoxy) is 1. The molecule has 3 rings (SSSR count). The molecule has 2 saturated heterocycles. The summed E-state index contributed by atoms with van der Waals surface area (Å²) in [6.07, 6.45) is 7.07. The van der Waals surface area contributed by atoms with Crippen LogP contribution in [-0.4, -0.2) is 24.8 Å². The molecule has 0 radical (unpaired) electrons. The number of fused-ring (bicyclic) bond motifs is 2. The van der Waals surface area contributed by atoms with Crippen molar-refractivity contribution in [1.82, 2.24) is 5.32 Å². The predicted molar refractivity (Wildman–Crippen MR) is 81.1 cm³/mol. The van der Waals surface area contributed by atoms with Crippen LogP contribution < -0.4 is 5.32 Å². The van der Waals surface area contributed by atoms with Gasteiger partial charge in [-0.1, -0.05) is 18.5 Å². The SMILES string of the molecule is CCCNC(Cc1ccc(Cl)s1)C1CC2CCC1O2. The lowest BCUT2D eigenvalue weighted by Crippen LogP contribution is -2.42. The van der Waals surface area contributed by atoms with Gasteiger partial charge >= 0.3 is 0 Å². The second-order valence-electron chi connectivity index (χ2n) is 5.74. The van der Waals surface area contributed by atoms with Gasteiger partial charge in [0.15, 0.2) is 0 Å². The molecule has 2 bridgehead atoms. The topological polar surface area (TPSA) is 21.3 Å². The van der Waals surface area contributed by atoms with Crippen LogP contribution in [0.5, 0.6) is 0 Å². The monoisotopic (exact) mass is 299 g/mol. The Morgan fingerprint density at radius 1 is 1.47 bits per heavy atom. The van der Waals surface area contributed by atoms with Crippen LogP contribution in [0.15, 0.2) is 12.1 Å². The zero-order chi connectivity index (χ0) is 13.2. The van der Waals surface area contributed by atoms with E-state index in [1.165, 1.54) is 30.6 Å². The largest absolute Gasteiger partial charge is 0.375 e. The van der Waals surface area contributed by atoms with E-state index in [0.29, 0.717) is 24.2 Å². The van der Waals surface area contributed by atoms with Gasteiger partial charge in [0.25, 0.3) is 0 Å². The van der Waals surface area contributed by atoms with E-state index >= 15 is 0 Å². The minimum absolute atomic E-state index is 0.495. The lowest BCUT2D eigenvalue weighted by molar-refractivity contribution is 0.0858. The molecule has 0 saturated carbocycles. The Morgan fingerprint density at radius 3 is 2.95 bits per heavy atom. The van der Waals surface area contributed by atoms with Gasteiger partial charge in [-0.15, -0.1) is 11.3 Å². The summed E-state index contributed by atoms with van der Waals surface area (Å²) in [5.41, 5.74) is 0. The van der Waals surface area contributed by atoms with Crippen molar-refractivity contribution in [3.8, 4) is 0 Å². The van der Waals surface area contributed by atoms with Crippen LogP contribution in [0.3, 0.4) is 0 Å². The molecule has 3 heterocycles. The Balaban J connectivity index is 1.66. The van der Waals surface area contributed by atoms with Crippen molar-refractivity contribution in [3.63, 3.8) is 0 Å². The van der Waals surface area contributed by atoms with Crippen molar-refractivity contribution in [1.29, 1.82) is 0 Å². The van der Waals surface area contributed by atoms with Gasteiger partial charge in [-0.05, 0) is 50.8 Å². The molecule has 0 aromatic carbocycles. The Hall–Kier alpha value is -0.0900. The summed E-state index contributed by atoms with van der Waals surface area (Å²) in [4.78, 5) is 1.39. The summed E-state index contributed by atoms with van der Waals surface area (Å²) in [6.45, 7) is 3.32. The number of nitrogens with one attached hydrogen (secondary N) is 1. The summed E-state index contributed by atoms with van der Waals surface area (Å²) >= 11 is 7.76. The molecule has 1 aromatic heterocycles. The molecule has 1 aromatic rings. The molecule has 0 amide bonds. The van der Waals surface area contributed by atoms with Crippen LogP contribution >= 0.6 is 22.9 Å². The predicted octanol–water partition coefficient (Wildman–Crippen LogP) is 3.88. The molecule has 2 aliphatic rings. The third-order valence-electron chi connectivity index (χ3n) is 4.38. The van der Waals surface area contributed by atoms with Gasteiger partial charge in [0, 0.05) is 16.8 Å². The Bertz CT molecular complexity index is 422. The first-order valence-electron chi connectivity index (χ1n) is 7.39. The molecule has 2 fully saturated rings. The smallest absolute Gasteiger partial charge is 0.0931 e. The Kier molecular flexibility index (Phi) is 4.47. The fourth-order valence-corrected chi connectivity index (χ4v) is 4.63. The van der Waals surface area contributed by atoms with Crippen molar-refractivity contribution >= 4 is 22.9 Å². The summed E-state index contributed by atoms with van der Waals surface area (Å²) in [6, 6.07) is 4.72. The Labute approximate surface area is 124 Å². The van der Waals surface area contributed by atoms with Gasteiger partial charge < -0.3 is 10.1 Å². The highest BCUT2D eigenvalue weighted by Crippen LogP contribution is 2.41. The van der Waals surface area contributed by atoms with Crippen molar-refractivity contribution in [2.24, 2.45) is 5.92 Å². The molecule has 4 unspecified atom stereocenters. The number of hydrogen-bond acceptors (Lipinski definition) is 3. The van der Waals surface area contributed by atoms with Gasteiger partial charge in [-0.3, -0.25) is 0 Å². The van der Waals surface area contributed by atoms with Crippen molar-refractivity contribution in [2.75, 3.05) is 6.54 Å². The second kappa shape index (κ2) is 6.13. The van der Waals surface area contributed by atoms with Crippen LogP contribution in [-0.2, 0) is 11.2 Å². The van der Waals surface area contributed by atoms with Gasteiger partial charge in [-0.25, -0.2) is 0 Å². The summed E-state index contributed by atoms with van der Waals surface area (Å²) < 4.78 is 6.92. The first-order chi connectivity index (χ1) is 9.26. The molecule has 0 aliphatic carbocycles. The van der Waals surface area contributed by atoms with Crippen LogP contribution in [0.2, 0.25) is 4.34 Å². The average molecular weight is 300 g/mol. The van der Waals surface area contributed by atoms with E-state index in [0.717, 1.165) is 17.3 Å². The van der Waals surface area contributed by atoms with Crippen LogP contribution in [0.25, 0.3) is 0 Å². The van der Waals surface area contributed by atoms with E-state index in [1.807, 2.05) is 6.07 Å². The van der Waals surface area contributed by atoms with Crippen LogP contribution in [0.4, 0.5) is 0 Å². The normalized spacial score (nSPS) is 30.9. The third-order valence-corrected chi connectivity index (χ3v) is 5.63. The molecule has 1 N–H and O–H groups in total. The molecule has 2 aliphatic heterocycles. The van der Waals surface area contributed by atoms with Gasteiger partial charge in [-0.2, -0.15) is 0 Å². The zero-order valence-corrected chi connectivity index (χ0v) is 13.0. The third kappa shape index (κ3) is 3.15. The molecule has 19 heavy (non-hydrogen) atoms. The summed E-state index contributed by atoms with van der Waals surface area (Å²) in [7, 11) is 0. The van der Waals surface area contributed by atoms with Gasteiger partial charge in [0.05, 0.1) is 16.5 Å². The zero-order valence-electron chi connectivity index (χ0n) is 11.4. The molecule has 106 valence electrons. The standard InChI is InChI=1S/C15H22ClNOS/c1-2-7-17-13(9-11-4-6-15(16)19-11)12-8-10-3-5-14(12)18-10/h4,6,10,12-14,17H,2-3,5,7-9H2,1H3. The minimum atomic E-state index is 0.495. The van der Waals surface area contributed by atoms with Gasteiger partial charge in [0.2, 0.25) is 0 Å². The summed E-state index contributed by atoms with van der Waals surface area (Å²) in [5, 5.41) is 3.74. The van der Waals surface area contributed by atoms with Crippen molar-refractivity contribution in [2.45, 2.75) is 57.3 Å². The molecular weight excluding hydrogens is 278 g/mol. The van der Waals surface area contributed by atoms with Gasteiger partial charge in [0.1, 0.15) is 0 Å². The fraction of sp³-hybridized carbons (Fsp3) is 0.733. The van der Waals surface area contributed by atoms with Crippen LogP contribution in [0, 0.1) is 5.92 Å². The highest BCUT2D eigenvalue weighted by Gasteiger charge is 2.44. The number of rotatable bonds is 6. The number of thiophene rings is 1. The van der Waals surface area contributed by atoms with E-state index in [2.05, 4.69) is 18.3 Å². The average Bonchev–Trinajstić information content (AvgIpc) is 3.10. The maximum absolute atomic E-state index is 6.04. The number of hydrogen-bond donors (Lipinski definition) is 1. The number of halogens is 1. The minimum Gasteiger partial charge on any atom is -0.375 e. The van der Waals surface area contributed by atoms with Crippen molar-refractivity contribution < 1.29 is 4.74 Å². The lowest BCUT2D eigenvalue weighted by atomic mass is 9.82. The summed E-state index contributed by atoms with van der Waals surface area (Å²) in [5.74, 6) is 0.686.